The fourth-order valence-electron chi connectivity index (χ4n) is 2.55. The van der Waals surface area contributed by atoms with Crippen LogP contribution >= 0.6 is 23.4 Å². The third kappa shape index (κ3) is 4.81. The van der Waals surface area contributed by atoms with Gasteiger partial charge in [0.15, 0.2) is 10.8 Å². The fourth-order valence-corrected chi connectivity index (χ4v) is 3.62. The third-order valence-corrected chi connectivity index (χ3v) is 5.47. The minimum Gasteiger partial charge on any atom is -0.349 e. The standard InChI is InChI=1S/C18H15ClF4N4OS/c1-9(11-3-5-13(20)6-4-11)24-16(28)10(2)29-17-26-25-15-14(19)7-12(8-27(15)17)18(21,22)23/h3-10H,1-2H3,(H,24,28)/t9-,10+/m0/s1. The number of rotatable bonds is 5. The Morgan fingerprint density at radius 2 is 1.86 bits per heavy atom. The number of aromatic nitrogens is 3. The zero-order valence-corrected chi connectivity index (χ0v) is 16.7. The number of hydrogen-bond donors (Lipinski definition) is 1. The number of benzene rings is 1. The van der Waals surface area contributed by atoms with E-state index in [4.69, 9.17) is 11.6 Å². The van der Waals surface area contributed by atoms with Crippen LogP contribution in [0.15, 0.2) is 41.7 Å². The second kappa shape index (κ2) is 8.19. The van der Waals surface area contributed by atoms with Gasteiger partial charge in [0.1, 0.15) is 5.82 Å². The molecule has 0 unspecified atom stereocenters. The average molecular weight is 447 g/mol. The molecule has 5 nitrogen and oxygen atoms in total. The van der Waals surface area contributed by atoms with E-state index in [1.807, 2.05) is 0 Å². The van der Waals surface area contributed by atoms with Crippen LogP contribution in [0.3, 0.4) is 0 Å². The molecular weight excluding hydrogens is 432 g/mol. The maximum atomic E-state index is 13.0. The number of amides is 1. The van der Waals surface area contributed by atoms with Crippen LogP contribution in [0.25, 0.3) is 5.65 Å². The molecule has 0 saturated carbocycles. The van der Waals surface area contributed by atoms with Gasteiger partial charge in [0.05, 0.1) is 21.9 Å². The van der Waals surface area contributed by atoms with Crippen molar-refractivity contribution in [3.8, 4) is 0 Å². The zero-order chi connectivity index (χ0) is 21.3. The van der Waals surface area contributed by atoms with Gasteiger partial charge in [-0.25, -0.2) is 4.39 Å². The highest BCUT2D eigenvalue weighted by Crippen LogP contribution is 2.34. The summed E-state index contributed by atoms with van der Waals surface area (Å²) >= 11 is 6.84. The summed E-state index contributed by atoms with van der Waals surface area (Å²) in [6.07, 6.45) is -3.74. The molecule has 0 aliphatic heterocycles. The number of fused-ring (bicyclic) bond motifs is 1. The predicted molar refractivity (Wildman–Crippen MR) is 101 cm³/mol. The van der Waals surface area contributed by atoms with E-state index in [0.717, 1.165) is 28.4 Å². The van der Waals surface area contributed by atoms with Gasteiger partial charge in [-0.15, -0.1) is 10.2 Å². The Morgan fingerprint density at radius 3 is 2.48 bits per heavy atom. The number of carbonyl (C=O) groups is 1. The lowest BCUT2D eigenvalue weighted by molar-refractivity contribution is -0.137. The Morgan fingerprint density at radius 1 is 1.21 bits per heavy atom. The van der Waals surface area contributed by atoms with Gasteiger partial charge in [-0.05, 0) is 37.6 Å². The zero-order valence-electron chi connectivity index (χ0n) is 15.2. The van der Waals surface area contributed by atoms with E-state index in [9.17, 15) is 22.4 Å². The highest BCUT2D eigenvalue weighted by molar-refractivity contribution is 8.00. The summed E-state index contributed by atoms with van der Waals surface area (Å²) in [6.45, 7) is 3.33. The van der Waals surface area contributed by atoms with E-state index in [-0.39, 0.29) is 33.6 Å². The van der Waals surface area contributed by atoms with Crippen molar-refractivity contribution in [3.05, 3.63) is 58.5 Å². The summed E-state index contributed by atoms with van der Waals surface area (Å²) in [5.74, 6) is -0.742. The van der Waals surface area contributed by atoms with Gasteiger partial charge < -0.3 is 5.32 Å². The molecule has 1 N–H and O–H groups in total. The van der Waals surface area contributed by atoms with Gasteiger partial charge in [0.25, 0.3) is 0 Å². The Labute approximate surface area is 172 Å². The lowest BCUT2D eigenvalue weighted by atomic mass is 10.1. The topological polar surface area (TPSA) is 59.3 Å². The van der Waals surface area contributed by atoms with Crippen molar-refractivity contribution < 1.29 is 22.4 Å². The number of alkyl halides is 3. The predicted octanol–water partition coefficient (Wildman–Crippen LogP) is 4.90. The molecule has 0 bridgehead atoms. The largest absolute Gasteiger partial charge is 0.417 e. The van der Waals surface area contributed by atoms with E-state index < -0.39 is 17.0 Å². The lowest BCUT2D eigenvalue weighted by Crippen LogP contribution is -2.33. The number of thioether (sulfide) groups is 1. The summed E-state index contributed by atoms with van der Waals surface area (Å²) in [5, 5.41) is 9.65. The van der Waals surface area contributed by atoms with Crippen molar-refractivity contribution in [1.29, 1.82) is 0 Å². The normalized spacial score (nSPS) is 14.0. The number of pyridine rings is 1. The molecule has 0 spiro atoms. The van der Waals surface area contributed by atoms with Crippen molar-refractivity contribution >= 4 is 34.9 Å². The molecule has 0 fully saturated rings. The van der Waals surface area contributed by atoms with Crippen LogP contribution in [0.5, 0.6) is 0 Å². The van der Waals surface area contributed by atoms with Crippen LogP contribution in [-0.4, -0.2) is 25.8 Å². The average Bonchev–Trinajstić information content (AvgIpc) is 3.05. The molecule has 11 heteroatoms. The molecule has 0 aliphatic carbocycles. The van der Waals surface area contributed by atoms with Crippen LogP contribution in [0, 0.1) is 5.82 Å². The van der Waals surface area contributed by atoms with E-state index in [1.54, 1.807) is 26.0 Å². The number of nitrogens with zero attached hydrogens (tertiary/aromatic N) is 3. The van der Waals surface area contributed by atoms with Gasteiger partial charge in [0, 0.05) is 6.20 Å². The molecule has 3 rings (SSSR count). The molecule has 29 heavy (non-hydrogen) atoms. The Kier molecular flexibility index (Phi) is 6.04. The first-order valence-corrected chi connectivity index (χ1v) is 9.66. The Bertz CT molecular complexity index is 1040. The van der Waals surface area contributed by atoms with Gasteiger partial charge >= 0.3 is 6.18 Å². The molecule has 154 valence electrons. The maximum absolute atomic E-state index is 13.0. The summed E-state index contributed by atoms with van der Waals surface area (Å²) in [7, 11) is 0. The van der Waals surface area contributed by atoms with Crippen molar-refractivity contribution in [1.82, 2.24) is 19.9 Å². The number of hydrogen-bond acceptors (Lipinski definition) is 4. The summed E-state index contributed by atoms with van der Waals surface area (Å²) in [5.41, 5.74) is -0.167. The van der Waals surface area contributed by atoms with Gasteiger partial charge in [0.2, 0.25) is 5.91 Å². The summed E-state index contributed by atoms with van der Waals surface area (Å²) in [6, 6.07) is 6.10. The number of halogens is 5. The third-order valence-electron chi connectivity index (χ3n) is 4.14. The van der Waals surface area contributed by atoms with Gasteiger partial charge in [-0.3, -0.25) is 9.20 Å². The molecule has 0 aliphatic rings. The van der Waals surface area contributed by atoms with E-state index in [2.05, 4.69) is 15.5 Å². The van der Waals surface area contributed by atoms with E-state index in [1.165, 1.54) is 12.1 Å². The second-order valence-corrected chi connectivity index (χ2v) is 8.01. The molecule has 2 heterocycles. The smallest absolute Gasteiger partial charge is 0.349 e. The second-order valence-electron chi connectivity index (χ2n) is 6.29. The van der Waals surface area contributed by atoms with Gasteiger partial charge in [-0.1, -0.05) is 35.5 Å². The molecule has 1 amide bonds. The summed E-state index contributed by atoms with van der Waals surface area (Å²) in [4.78, 5) is 12.5. The number of carbonyl (C=O) groups excluding carboxylic acids is 1. The van der Waals surface area contributed by atoms with Crippen molar-refractivity contribution in [2.75, 3.05) is 0 Å². The van der Waals surface area contributed by atoms with E-state index in [0.29, 0.717) is 5.56 Å². The minimum atomic E-state index is -4.59. The first-order chi connectivity index (χ1) is 13.6. The molecular formula is C18H15ClF4N4OS. The van der Waals surface area contributed by atoms with Crippen molar-refractivity contribution in [3.63, 3.8) is 0 Å². The van der Waals surface area contributed by atoms with Crippen LogP contribution in [0.1, 0.15) is 31.0 Å². The lowest BCUT2D eigenvalue weighted by Gasteiger charge is -2.17. The van der Waals surface area contributed by atoms with Gasteiger partial charge in [-0.2, -0.15) is 13.2 Å². The first kappa shape index (κ1) is 21.4. The Balaban J connectivity index is 1.76. The van der Waals surface area contributed by atoms with Crippen LogP contribution in [-0.2, 0) is 11.0 Å². The quantitative estimate of drug-likeness (QED) is 0.447. The summed E-state index contributed by atoms with van der Waals surface area (Å²) < 4.78 is 53.3. The van der Waals surface area contributed by atoms with Crippen molar-refractivity contribution in [2.24, 2.45) is 0 Å². The van der Waals surface area contributed by atoms with Crippen LogP contribution < -0.4 is 5.32 Å². The molecule has 2 aromatic heterocycles. The number of nitrogens with one attached hydrogen (secondary N) is 1. The SMILES string of the molecule is C[C@H](NC(=O)[C@@H](C)Sc1nnc2c(Cl)cc(C(F)(F)F)cn12)c1ccc(F)cc1. The fraction of sp³-hybridized carbons (Fsp3) is 0.278. The maximum Gasteiger partial charge on any atom is 0.417 e. The van der Waals surface area contributed by atoms with Crippen LogP contribution in [0.4, 0.5) is 17.6 Å². The molecule has 2 atom stereocenters. The molecule has 0 saturated heterocycles. The Hall–Kier alpha value is -2.33. The first-order valence-electron chi connectivity index (χ1n) is 8.40. The van der Waals surface area contributed by atoms with Crippen LogP contribution in [0.2, 0.25) is 5.02 Å². The molecule has 1 aromatic carbocycles. The van der Waals surface area contributed by atoms with Crippen molar-refractivity contribution in [2.45, 2.75) is 36.5 Å². The highest BCUT2D eigenvalue weighted by Gasteiger charge is 2.32. The molecule has 0 radical (unpaired) electrons. The monoisotopic (exact) mass is 446 g/mol. The molecule has 3 aromatic rings. The van der Waals surface area contributed by atoms with E-state index >= 15 is 0 Å². The minimum absolute atomic E-state index is 0.0643. The highest BCUT2D eigenvalue weighted by atomic mass is 35.5.